The van der Waals surface area contributed by atoms with Gasteiger partial charge in [-0.25, -0.2) is 4.98 Å². The third-order valence-corrected chi connectivity index (χ3v) is 2.59. The summed E-state index contributed by atoms with van der Waals surface area (Å²) in [6.07, 6.45) is 1.85. The van der Waals surface area contributed by atoms with E-state index in [-0.39, 0.29) is 0 Å². The van der Waals surface area contributed by atoms with Gasteiger partial charge in [0, 0.05) is 7.05 Å². The fourth-order valence-corrected chi connectivity index (χ4v) is 1.81. The second-order valence-corrected chi connectivity index (χ2v) is 3.54. The molecule has 3 rings (SSSR count). The molecular weight excluding hydrogens is 172 g/mol. The lowest BCUT2D eigenvalue weighted by molar-refractivity contribution is 0.948. The molecule has 1 heterocycles. The van der Waals surface area contributed by atoms with Gasteiger partial charge in [-0.2, -0.15) is 0 Å². The largest absolute Gasteiger partial charge is 0.334 e. The topological polar surface area (TPSA) is 17.8 Å². The average molecular weight is 182 g/mol. The summed E-state index contributed by atoms with van der Waals surface area (Å²) >= 11 is 0. The van der Waals surface area contributed by atoms with Crippen LogP contribution in [-0.4, -0.2) is 9.55 Å². The zero-order valence-electron chi connectivity index (χ0n) is 7.94. The molecule has 2 heteroatoms. The molecule has 2 nitrogen and oxygen atoms in total. The quantitative estimate of drug-likeness (QED) is 0.522. The molecule has 0 aliphatic carbocycles. The van der Waals surface area contributed by atoms with E-state index in [1.807, 2.05) is 17.9 Å². The second-order valence-electron chi connectivity index (χ2n) is 3.54. The van der Waals surface area contributed by atoms with Gasteiger partial charge in [0.05, 0.1) is 17.4 Å². The predicted octanol–water partition coefficient (Wildman–Crippen LogP) is 2.73. The van der Waals surface area contributed by atoms with Crippen molar-refractivity contribution in [3.05, 3.63) is 42.7 Å². The van der Waals surface area contributed by atoms with E-state index >= 15 is 0 Å². The van der Waals surface area contributed by atoms with E-state index in [9.17, 15) is 0 Å². The van der Waals surface area contributed by atoms with Crippen LogP contribution in [0.25, 0.3) is 21.8 Å². The SMILES string of the molecule is Cn1cnc2cc3ccccc3cc21. The molecule has 3 aromatic rings. The number of benzene rings is 2. The predicted molar refractivity (Wildman–Crippen MR) is 58.2 cm³/mol. The van der Waals surface area contributed by atoms with Gasteiger partial charge in [-0.15, -0.1) is 0 Å². The van der Waals surface area contributed by atoms with Crippen LogP contribution in [0.4, 0.5) is 0 Å². The van der Waals surface area contributed by atoms with Gasteiger partial charge in [-0.05, 0) is 22.9 Å². The fraction of sp³-hybridized carbons (Fsp3) is 0.0833. The van der Waals surface area contributed by atoms with E-state index in [0.717, 1.165) is 5.52 Å². The Morgan fingerprint density at radius 1 is 1.07 bits per heavy atom. The van der Waals surface area contributed by atoms with Crippen LogP contribution >= 0.6 is 0 Å². The zero-order valence-corrected chi connectivity index (χ0v) is 7.94. The molecule has 0 fully saturated rings. The maximum absolute atomic E-state index is 4.33. The lowest BCUT2D eigenvalue weighted by Crippen LogP contribution is -1.83. The van der Waals surface area contributed by atoms with E-state index in [1.54, 1.807) is 0 Å². The number of imidazole rings is 1. The minimum absolute atomic E-state index is 1.06. The number of nitrogens with zero attached hydrogens (tertiary/aromatic N) is 2. The van der Waals surface area contributed by atoms with Crippen LogP contribution < -0.4 is 0 Å². The lowest BCUT2D eigenvalue weighted by atomic mass is 10.1. The maximum Gasteiger partial charge on any atom is 0.0955 e. The van der Waals surface area contributed by atoms with Gasteiger partial charge in [0.1, 0.15) is 0 Å². The third kappa shape index (κ3) is 0.940. The number of rotatable bonds is 0. The molecule has 0 aliphatic rings. The van der Waals surface area contributed by atoms with E-state index in [0.29, 0.717) is 0 Å². The Morgan fingerprint density at radius 2 is 1.79 bits per heavy atom. The van der Waals surface area contributed by atoms with Crippen molar-refractivity contribution in [2.45, 2.75) is 0 Å². The van der Waals surface area contributed by atoms with Crippen molar-refractivity contribution < 1.29 is 0 Å². The van der Waals surface area contributed by atoms with Gasteiger partial charge in [0.15, 0.2) is 0 Å². The second kappa shape index (κ2) is 2.58. The third-order valence-electron chi connectivity index (χ3n) is 2.59. The zero-order chi connectivity index (χ0) is 9.54. The summed E-state index contributed by atoms with van der Waals surface area (Å²) in [4.78, 5) is 4.33. The van der Waals surface area contributed by atoms with Gasteiger partial charge in [-0.1, -0.05) is 24.3 Å². The number of fused-ring (bicyclic) bond motifs is 2. The number of hydrogen-bond donors (Lipinski definition) is 0. The van der Waals surface area contributed by atoms with Crippen LogP contribution in [0, 0.1) is 0 Å². The number of aromatic nitrogens is 2. The summed E-state index contributed by atoms with van der Waals surface area (Å²) < 4.78 is 2.04. The smallest absolute Gasteiger partial charge is 0.0955 e. The van der Waals surface area contributed by atoms with Crippen molar-refractivity contribution in [2.24, 2.45) is 7.05 Å². The molecule has 0 radical (unpaired) electrons. The van der Waals surface area contributed by atoms with E-state index in [1.165, 1.54) is 16.3 Å². The fourth-order valence-electron chi connectivity index (χ4n) is 1.81. The Balaban J connectivity index is 2.54. The minimum atomic E-state index is 1.06. The van der Waals surface area contributed by atoms with Crippen LogP contribution in [0.1, 0.15) is 0 Å². The Kier molecular flexibility index (Phi) is 1.39. The van der Waals surface area contributed by atoms with Gasteiger partial charge in [0.2, 0.25) is 0 Å². The molecule has 0 spiro atoms. The summed E-state index contributed by atoms with van der Waals surface area (Å²) in [5, 5.41) is 2.52. The number of hydrogen-bond acceptors (Lipinski definition) is 1. The molecule has 0 aliphatic heterocycles. The first-order chi connectivity index (χ1) is 6.84. The van der Waals surface area contributed by atoms with Gasteiger partial charge in [0.25, 0.3) is 0 Å². The molecule has 14 heavy (non-hydrogen) atoms. The maximum atomic E-state index is 4.33. The van der Waals surface area contributed by atoms with Gasteiger partial charge in [-0.3, -0.25) is 0 Å². The molecule has 1 aromatic heterocycles. The Hall–Kier alpha value is -1.83. The molecule has 0 N–H and O–H groups in total. The van der Waals surface area contributed by atoms with Gasteiger partial charge >= 0.3 is 0 Å². The molecule has 2 aromatic carbocycles. The summed E-state index contributed by atoms with van der Waals surface area (Å²) in [5.41, 5.74) is 2.25. The first kappa shape index (κ1) is 7.56. The Labute approximate surface area is 81.8 Å². The summed E-state index contributed by atoms with van der Waals surface area (Å²) in [6, 6.07) is 12.7. The molecule has 0 saturated heterocycles. The van der Waals surface area contributed by atoms with Crippen molar-refractivity contribution in [3.8, 4) is 0 Å². The van der Waals surface area contributed by atoms with Gasteiger partial charge < -0.3 is 4.57 Å². The molecule has 0 amide bonds. The number of aryl methyl sites for hydroxylation is 1. The molecule has 68 valence electrons. The van der Waals surface area contributed by atoms with Crippen LogP contribution in [0.15, 0.2) is 42.7 Å². The first-order valence-electron chi connectivity index (χ1n) is 4.64. The van der Waals surface area contributed by atoms with Crippen LogP contribution in [0.3, 0.4) is 0 Å². The highest BCUT2D eigenvalue weighted by Crippen LogP contribution is 2.20. The van der Waals surface area contributed by atoms with Crippen LogP contribution in [-0.2, 0) is 7.05 Å². The van der Waals surface area contributed by atoms with Crippen molar-refractivity contribution >= 4 is 21.8 Å². The Bertz CT molecular complexity index is 608. The summed E-state index contributed by atoms with van der Waals surface area (Å²) in [7, 11) is 2.02. The van der Waals surface area contributed by atoms with E-state index < -0.39 is 0 Å². The molecule has 0 saturated carbocycles. The average Bonchev–Trinajstić information content (AvgIpc) is 2.57. The molecule has 0 bridgehead atoms. The minimum Gasteiger partial charge on any atom is -0.334 e. The highest BCUT2D eigenvalue weighted by atomic mass is 15.0. The highest BCUT2D eigenvalue weighted by molar-refractivity contribution is 5.95. The molecular formula is C12H10N2. The van der Waals surface area contributed by atoms with Crippen molar-refractivity contribution in [1.82, 2.24) is 9.55 Å². The Morgan fingerprint density at radius 3 is 2.57 bits per heavy atom. The van der Waals surface area contributed by atoms with Crippen LogP contribution in [0.2, 0.25) is 0 Å². The van der Waals surface area contributed by atoms with Crippen LogP contribution in [0.5, 0.6) is 0 Å². The van der Waals surface area contributed by atoms with Crippen molar-refractivity contribution in [2.75, 3.05) is 0 Å². The highest BCUT2D eigenvalue weighted by Gasteiger charge is 2.00. The summed E-state index contributed by atoms with van der Waals surface area (Å²) in [6.45, 7) is 0. The van der Waals surface area contributed by atoms with Crippen molar-refractivity contribution in [1.29, 1.82) is 0 Å². The standard InChI is InChI=1S/C12H10N2/c1-14-8-13-11-6-9-4-2-3-5-10(9)7-12(11)14/h2-8H,1H3. The monoisotopic (exact) mass is 182 g/mol. The first-order valence-corrected chi connectivity index (χ1v) is 4.64. The summed E-state index contributed by atoms with van der Waals surface area (Å²) in [5.74, 6) is 0. The van der Waals surface area contributed by atoms with E-state index in [2.05, 4.69) is 41.4 Å². The lowest BCUT2D eigenvalue weighted by Gasteiger charge is -1.98. The van der Waals surface area contributed by atoms with Crippen molar-refractivity contribution in [3.63, 3.8) is 0 Å². The van der Waals surface area contributed by atoms with E-state index in [4.69, 9.17) is 0 Å². The molecule has 0 unspecified atom stereocenters. The normalized spacial score (nSPS) is 11.2. The molecule has 0 atom stereocenters.